The summed E-state index contributed by atoms with van der Waals surface area (Å²) in [5.41, 5.74) is 0. The van der Waals surface area contributed by atoms with Gasteiger partial charge >= 0.3 is 5.97 Å². The molecule has 0 aromatic rings. The highest BCUT2D eigenvalue weighted by Crippen LogP contribution is 2.27. The number of ether oxygens (including phenoxy) is 3. The van der Waals surface area contributed by atoms with E-state index in [4.69, 9.17) is 14.2 Å². The Morgan fingerprint density at radius 2 is 0.990 bits per heavy atom. The maximum absolute atomic E-state index is 15.4. The van der Waals surface area contributed by atoms with E-state index in [2.05, 4.69) is 26.2 Å². The van der Waals surface area contributed by atoms with Crippen LogP contribution in [0.4, 0.5) is 0 Å². The molecule has 14 atom stereocenters. The second kappa shape index (κ2) is 42.0. The fourth-order valence-electron chi connectivity index (χ4n) is 12.8. The monoisotopic (exact) mass is 1400 g/mol. The fraction of sp³-hybridized carbons (Fsp3) is 0.831. The Bertz CT molecular complexity index is 2670. The second-order valence-corrected chi connectivity index (χ2v) is 29.5. The molecule has 2 rings (SSSR count). The third-order valence-corrected chi connectivity index (χ3v) is 19.4. The fourth-order valence-corrected chi connectivity index (χ4v) is 12.8. The molecule has 5 N–H and O–H groups in total. The number of esters is 1. The highest BCUT2D eigenvalue weighted by Gasteiger charge is 2.47. The largest absolute Gasteiger partial charge is 0.469 e. The summed E-state index contributed by atoms with van der Waals surface area (Å²) in [5, 5.41) is 23.5. The summed E-state index contributed by atoms with van der Waals surface area (Å²) in [6.45, 7) is 31.1. The van der Waals surface area contributed by atoms with Crippen molar-refractivity contribution in [3.8, 4) is 0 Å². The van der Waals surface area contributed by atoms with Crippen LogP contribution in [0, 0.1) is 35.5 Å². The smallest absolute Gasteiger partial charge is 0.305 e. The SMILES string of the molecule is CC[C@@H]1NC(=O)[C@H]([C@H](O)[C@H](C)CCCCC(=O)OC)N(C)C(=O)[C@H](C(C)C)N(C)C(=O)[C@H](CC(C)C)N(C)C(=O)[C@H](CC(C)C)N(C)C(=O)[C@@H](C)NC(=O)[C@H](C)NC(=O)[C@H](CC(C)C)N(C)C(=O)[C@H](C(C)C)NC(=O)[C@H]([C@@H](C)OCCCCN2CCOCC2)N(C)C(=O)[C@@H](C)N(C)C1=O. The van der Waals surface area contributed by atoms with Gasteiger partial charge in [-0.15, -0.1) is 0 Å². The van der Waals surface area contributed by atoms with E-state index in [1.165, 1.54) is 96.8 Å². The van der Waals surface area contributed by atoms with E-state index < -0.39 is 167 Å². The van der Waals surface area contributed by atoms with Crippen molar-refractivity contribution in [2.24, 2.45) is 35.5 Å². The van der Waals surface area contributed by atoms with Crippen molar-refractivity contribution >= 4 is 70.9 Å². The maximum Gasteiger partial charge on any atom is 0.305 e. The molecule has 2 fully saturated rings. The van der Waals surface area contributed by atoms with Crippen LogP contribution in [0.1, 0.15) is 175 Å². The Morgan fingerprint density at radius 3 is 1.51 bits per heavy atom. The van der Waals surface area contributed by atoms with Crippen LogP contribution in [0.3, 0.4) is 0 Å². The van der Waals surface area contributed by atoms with Crippen LogP contribution in [-0.2, 0) is 71.7 Å². The quantitative estimate of drug-likeness (QED) is 0.0725. The first-order valence-corrected chi connectivity index (χ1v) is 35.9. The zero-order valence-corrected chi connectivity index (χ0v) is 64.4. The van der Waals surface area contributed by atoms with E-state index in [0.29, 0.717) is 32.5 Å². The normalized spacial score (nSPS) is 26.8. The number of morpholine rings is 1. The zero-order chi connectivity index (χ0) is 75.8. The number of aliphatic hydroxyl groups is 1. The lowest BCUT2D eigenvalue weighted by Crippen LogP contribution is -2.64. The molecule has 0 aromatic carbocycles. The predicted octanol–water partition coefficient (Wildman–Crippen LogP) is 2.90. The predicted molar refractivity (Wildman–Crippen MR) is 377 cm³/mol. The van der Waals surface area contributed by atoms with Crippen LogP contribution in [0.5, 0.6) is 0 Å². The average molecular weight is 1410 g/mol. The molecule has 0 aliphatic carbocycles. The summed E-state index contributed by atoms with van der Waals surface area (Å²) in [5.74, 6) is -10.9. The Kier molecular flexibility index (Phi) is 37.6. The van der Waals surface area contributed by atoms with Crippen molar-refractivity contribution < 1.29 is 76.9 Å². The first-order chi connectivity index (χ1) is 46.1. The highest BCUT2D eigenvalue weighted by atomic mass is 16.5. The third-order valence-electron chi connectivity index (χ3n) is 19.4. The van der Waals surface area contributed by atoms with Crippen molar-refractivity contribution in [1.29, 1.82) is 0 Å². The van der Waals surface area contributed by atoms with Crippen LogP contribution in [0.15, 0.2) is 0 Å². The minimum Gasteiger partial charge on any atom is -0.469 e. The van der Waals surface area contributed by atoms with Gasteiger partial charge in [0, 0.05) is 75.5 Å². The molecule has 0 spiro atoms. The Labute approximate surface area is 591 Å². The van der Waals surface area contributed by atoms with E-state index in [9.17, 15) is 33.9 Å². The molecule has 568 valence electrons. The van der Waals surface area contributed by atoms with Gasteiger partial charge in [0.25, 0.3) is 0 Å². The van der Waals surface area contributed by atoms with Crippen molar-refractivity contribution in [1.82, 2.24) is 60.5 Å². The molecule has 99 heavy (non-hydrogen) atoms. The van der Waals surface area contributed by atoms with Gasteiger partial charge in [-0.25, -0.2) is 0 Å². The summed E-state index contributed by atoms with van der Waals surface area (Å²) < 4.78 is 16.7. The molecule has 0 aromatic heterocycles. The van der Waals surface area contributed by atoms with Gasteiger partial charge in [-0.1, -0.05) is 89.5 Å². The molecule has 2 saturated heterocycles. The number of nitrogens with zero attached hydrogens (tertiary/aromatic N) is 8. The highest BCUT2D eigenvalue weighted by molar-refractivity contribution is 6.00. The van der Waals surface area contributed by atoms with Crippen molar-refractivity contribution in [3.63, 3.8) is 0 Å². The van der Waals surface area contributed by atoms with Gasteiger partial charge < -0.3 is 74.9 Å². The van der Waals surface area contributed by atoms with Crippen molar-refractivity contribution in [2.75, 3.05) is 95.9 Å². The molecule has 11 amide bonds. The minimum absolute atomic E-state index is 0.0419. The van der Waals surface area contributed by atoms with E-state index in [1.807, 2.05) is 41.5 Å². The number of amides is 11. The number of carbonyl (C=O) groups excluding carboxylic acids is 12. The molecule has 2 heterocycles. The van der Waals surface area contributed by atoms with Gasteiger partial charge in [0.2, 0.25) is 65.0 Å². The molecule has 0 bridgehead atoms. The molecule has 28 nitrogen and oxygen atoms in total. The zero-order valence-electron chi connectivity index (χ0n) is 64.4. The van der Waals surface area contributed by atoms with Crippen LogP contribution in [0.25, 0.3) is 0 Å². The first kappa shape index (κ1) is 88.6. The summed E-state index contributed by atoms with van der Waals surface area (Å²) in [4.78, 5) is 187. The number of hydrogen-bond donors (Lipinski definition) is 5. The Balaban J connectivity index is 3.03. The minimum atomic E-state index is -1.70. The van der Waals surface area contributed by atoms with Gasteiger partial charge in [0.15, 0.2) is 0 Å². The first-order valence-electron chi connectivity index (χ1n) is 35.9. The van der Waals surface area contributed by atoms with E-state index in [1.54, 1.807) is 48.5 Å². The molecule has 0 radical (unpaired) electrons. The summed E-state index contributed by atoms with van der Waals surface area (Å²) in [6, 6.07) is -14.5. The van der Waals surface area contributed by atoms with Crippen LogP contribution in [-0.4, -0.2) is 290 Å². The van der Waals surface area contributed by atoms with Crippen LogP contribution in [0.2, 0.25) is 0 Å². The lowest BCUT2D eigenvalue weighted by molar-refractivity contribution is -0.157. The Hall–Kier alpha value is -6.52. The maximum atomic E-state index is 15.4. The number of unbranched alkanes of at least 4 members (excludes halogenated alkanes) is 2. The molecule has 0 unspecified atom stereocenters. The Morgan fingerprint density at radius 1 is 0.505 bits per heavy atom. The molecule has 2 aliphatic heterocycles. The van der Waals surface area contributed by atoms with Gasteiger partial charge in [-0.2, -0.15) is 0 Å². The molecular formula is C71H128N12O16. The van der Waals surface area contributed by atoms with Crippen molar-refractivity contribution in [3.05, 3.63) is 0 Å². The van der Waals surface area contributed by atoms with Crippen molar-refractivity contribution in [2.45, 2.75) is 254 Å². The number of rotatable bonds is 23. The summed E-state index contributed by atoms with van der Waals surface area (Å²) in [6.07, 6.45) is 0.274. The number of likely N-dealkylation sites (N-methyl/N-ethyl adjacent to an activating group) is 7. The van der Waals surface area contributed by atoms with Gasteiger partial charge in [0.1, 0.15) is 66.5 Å². The van der Waals surface area contributed by atoms with Gasteiger partial charge in [0.05, 0.1) is 32.5 Å². The van der Waals surface area contributed by atoms with Gasteiger partial charge in [-0.05, 0) is 121 Å². The number of carbonyl (C=O) groups is 12. The van der Waals surface area contributed by atoms with E-state index in [-0.39, 0.29) is 62.9 Å². The van der Waals surface area contributed by atoms with Crippen LogP contribution < -0.4 is 21.3 Å². The number of nitrogens with one attached hydrogen (secondary N) is 4. The van der Waals surface area contributed by atoms with Crippen LogP contribution >= 0.6 is 0 Å². The van der Waals surface area contributed by atoms with Gasteiger partial charge in [-0.3, -0.25) is 62.4 Å². The van der Waals surface area contributed by atoms with E-state index in [0.717, 1.165) is 40.8 Å². The average Bonchev–Trinajstić information content (AvgIpc) is 0.808. The summed E-state index contributed by atoms with van der Waals surface area (Å²) >= 11 is 0. The molecule has 2 aliphatic rings. The standard InChI is InChI=1S/C71H128N12O16/c1-25-51-67(92)76(17)49(15)66(91)81(22)58(50(16)99-35-29-28-32-83-33-36-98-37-34-83)63(88)75-56(44(8)9)70(95)77(18)52(38-41(2)3)62(87)72-47(13)61(86)73-48(14)65(90)78(19)53(39-42(4)5)68(93)79(20)54(40-43(6)7)69(94)80(21)57(45(10)11)71(96)82(23)59(64(89)74-51)60(85)46(12)30-26-27-31-55(84)97-24/h41-54,56-60,85H,25-40H2,1-24H3,(H,72,87)(H,73,86)(H,74,89)(H,75,88)/t46-,47+,48-,49-,50-,51+,52+,53+,54+,56+,57+,58+,59+,60-/m1/s1. The topological polar surface area (TPSA) is 327 Å². The summed E-state index contributed by atoms with van der Waals surface area (Å²) in [7, 11) is 11.1. The second-order valence-electron chi connectivity index (χ2n) is 29.5. The lowest BCUT2D eigenvalue weighted by Gasteiger charge is -2.41. The molecule has 0 saturated carbocycles. The number of aliphatic hydroxyl groups excluding tert-OH is 1. The van der Waals surface area contributed by atoms with E-state index >= 15 is 28.8 Å². The lowest BCUT2D eigenvalue weighted by atomic mass is 9.90. The number of methoxy groups -OCH3 is 1. The number of hydrogen-bond acceptors (Lipinski definition) is 17. The third kappa shape index (κ3) is 25.8. The molecule has 28 heteroatoms. The molecular weight excluding hydrogens is 1280 g/mol.